The third-order valence-electron chi connectivity index (χ3n) is 2.02. The minimum atomic E-state index is -1.16. The van der Waals surface area contributed by atoms with Gasteiger partial charge in [0.2, 0.25) is 0 Å². The van der Waals surface area contributed by atoms with Crippen molar-refractivity contribution in [1.29, 1.82) is 0 Å². The molecule has 0 heterocycles. The summed E-state index contributed by atoms with van der Waals surface area (Å²) in [7, 11) is 0. The Morgan fingerprint density at radius 3 is 2.20 bits per heavy atom. The van der Waals surface area contributed by atoms with Gasteiger partial charge in [0.15, 0.2) is 0 Å². The standard InChI is InChI=1S/C6H8F2O2/c7-2-6(3-8)1-4(6)5(9)10/h4H,1-3H2,(H,9,10)/t4-/m1/s1. The van der Waals surface area contributed by atoms with Crippen LogP contribution in [0.2, 0.25) is 0 Å². The van der Waals surface area contributed by atoms with Crippen LogP contribution in [0.1, 0.15) is 6.42 Å². The van der Waals surface area contributed by atoms with E-state index in [0.29, 0.717) is 0 Å². The van der Waals surface area contributed by atoms with Gasteiger partial charge in [0.05, 0.1) is 19.3 Å². The van der Waals surface area contributed by atoms with Gasteiger partial charge in [-0.3, -0.25) is 13.6 Å². The molecular formula is C6H8F2O2. The summed E-state index contributed by atoms with van der Waals surface area (Å²) in [5.74, 6) is -1.88. The molecule has 1 saturated carbocycles. The minimum absolute atomic E-state index is 0.148. The Balaban J connectivity index is 2.53. The number of carboxylic acid groups (broad SMARTS) is 1. The maximum Gasteiger partial charge on any atom is 0.307 e. The summed E-state index contributed by atoms with van der Waals surface area (Å²) < 4.78 is 23.9. The van der Waals surface area contributed by atoms with Gasteiger partial charge < -0.3 is 5.11 Å². The van der Waals surface area contributed by atoms with E-state index in [1.807, 2.05) is 0 Å². The van der Waals surface area contributed by atoms with E-state index >= 15 is 0 Å². The first-order chi connectivity index (χ1) is 4.66. The van der Waals surface area contributed by atoms with Crippen molar-refractivity contribution in [2.24, 2.45) is 11.3 Å². The van der Waals surface area contributed by atoms with Crippen LogP contribution in [-0.2, 0) is 4.79 Å². The van der Waals surface area contributed by atoms with E-state index in [-0.39, 0.29) is 6.42 Å². The van der Waals surface area contributed by atoms with E-state index in [1.54, 1.807) is 0 Å². The Hall–Kier alpha value is -0.670. The molecule has 1 aliphatic rings. The van der Waals surface area contributed by atoms with Gasteiger partial charge in [0.1, 0.15) is 0 Å². The largest absolute Gasteiger partial charge is 0.481 e. The topological polar surface area (TPSA) is 37.3 Å². The molecule has 58 valence electrons. The van der Waals surface area contributed by atoms with E-state index in [1.165, 1.54) is 0 Å². The van der Waals surface area contributed by atoms with Gasteiger partial charge in [-0.15, -0.1) is 0 Å². The average Bonchev–Trinajstić information content (AvgIpc) is 2.63. The minimum Gasteiger partial charge on any atom is -0.481 e. The number of carboxylic acids is 1. The maximum atomic E-state index is 11.9. The molecule has 0 spiro atoms. The molecule has 0 unspecified atom stereocenters. The maximum absolute atomic E-state index is 11.9. The molecular weight excluding hydrogens is 142 g/mol. The lowest BCUT2D eigenvalue weighted by atomic mass is 10.1. The van der Waals surface area contributed by atoms with Crippen molar-refractivity contribution >= 4 is 5.97 Å². The molecule has 2 nitrogen and oxygen atoms in total. The van der Waals surface area contributed by atoms with Crippen LogP contribution in [0.25, 0.3) is 0 Å². The predicted octanol–water partition coefficient (Wildman–Crippen LogP) is 1.02. The van der Waals surface area contributed by atoms with Crippen molar-refractivity contribution in [2.75, 3.05) is 13.3 Å². The Morgan fingerprint density at radius 1 is 1.60 bits per heavy atom. The Kier molecular flexibility index (Phi) is 1.62. The number of alkyl halides is 2. The quantitative estimate of drug-likeness (QED) is 0.652. The molecule has 1 N–H and O–H groups in total. The smallest absolute Gasteiger partial charge is 0.307 e. The molecule has 0 aromatic heterocycles. The summed E-state index contributed by atoms with van der Waals surface area (Å²) in [5, 5.41) is 8.32. The lowest BCUT2D eigenvalue weighted by molar-refractivity contribution is -0.139. The number of hydrogen-bond acceptors (Lipinski definition) is 1. The molecule has 4 heteroatoms. The molecule has 1 rings (SSSR count). The summed E-state index contributed by atoms with van der Waals surface area (Å²) >= 11 is 0. The van der Waals surface area contributed by atoms with Crippen molar-refractivity contribution in [2.45, 2.75) is 6.42 Å². The average molecular weight is 150 g/mol. The lowest BCUT2D eigenvalue weighted by Gasteiger charge is -2.02. The number of rotatable bonds is 3. The highest BCUT2D eigenvalue weighted by molar-refractivity contribution is 5.74. The highest BCUT2D eigenvalue weighted by atomic mass is 19.1. The summed E-state index contributed by atoms with van der Waals surface area (Å²) in [6.07, 6.45) is 0.148. The molecule has 0 radical (unpaired) electrons. The molecule has 0 aromatic carbocycles. The Morgan fingerprint density at radius 2 is 2.10 bits per heavy atom. The van der Waals surface area contributed by atoms with Gasteiger partial charge in [0.25, 0.3) is 0 Å². The van der Waals surface area contributed by atoms with Gasteiger partial charge >= 0.3 is 5.97 Å². The van der Waals surface area contributed by atoms with E-state index in [0.717, 1.165) is 0 Å². The Bertz CT molecular complexity index is 154. The van der Waals surface area contributed by atoms with E-state index < -0.39 is 30.7 Å². The number of aliphatic carboxylic acids is 1. The Labute approximate surface area is 56.8 Å². The first kappa shape index (κ1) is 7.44. The van der Waals surface area contributed by atoms with Crippen LogP contribution in [0.4, 0.5) is 8.78 Å². The number of hydrogen-bond donors (Lipinski definition) is 1. The van der Waals surface area contributed by atoms with Crippen molar-refractivity contribution < 1.29 is 18.7 Å². The fourth-order valence-electron chi connectivity index (χ4n) is 1.03. The predicted molar refractivity (Wildman–Crippen MR) is 30.1 cm³/mol. The third-order valence-corrected chi connectivity index (χ3v) is 2.02. The number of carbonyl (C=O) groups is 1. The second-order valence-electron chi connectivity index (χ2n) is 2.72. The summed E-state index contributed by atoms with van der Waals surface area (Å²) in [6, 6.07) is 0. The molecule has 0 aromatic rings. The van der Waals surface area contributed by atoms with Gasteiger partial charge in [-0.2, -0.15) is 0 Å². The van der Waals surface area contributed by atoms with Gasteiger partial charge in [-0.25, -0.2) is 0 Å². The van der Waals surface area contributed by atoms with E-state index in [9.17, 15) is 13.6 Å². The van der Waals surface area contributed by atoms with Crippen molar-refractivity contribution in [1.82, 2.24) is 0 Å². The van der Waals surface area contributed by atoms with Gasteiger partial charge in [-0.1, -0.05) is 0 Å². The highest BCUT2D eigenvalue weighted by Crippen LogP contribution is 2.53. The highest BCUT2D eigenvalue weighted by Gasteiger charge is 2.59. The summed E-state index contributed by atoms with van der Waals surface area (Å²) in [4.78, 5) is 10.2. The van der Waals surface area contributed by atoms with Crippen LogP contribution < -0.4 is 0 Å². The third kappa shape index (κ3) is 0.874. The van der Waals surface area contributed by atoms with E-state index in [4.69, 9.17) is 5.11 Å². The van der Waals surface area contributed by atoms with Crippen molar-refractivity contribution in [3.63, 3.8) is 0 Å². The molecule has 0 bridgehead atoms. The first-order valence-electron chi connectivity index (χ1n) is 3.01. The van der Waals surface area contributed by atoms with Gasteiger partial charge in [0, 0.05) is 5.41 Å². The monoisotopic (exact) mass is 150 g/mol. The molecule has 0 aliphatic heterocycles. The summed E-state index contributed by atoms with van der Waals surface area (Å²) in [5.41, 5.74) is -1.16. The van der Waals surface area contributed by atoms with Crippen molar-refractivity contribution in [3.05, 3.63) is 0 Å². The molecule has 10 heavy (non-hydrogen) atoms. The second kappa shape index (κ2) is 2.18. The zero-order chi connectivity index (χ0) is 7.78. The zero-order valence-electron chi connectivity index (χ0n) is 5.31. The lowest BCUT2D eigenvalue weighted by Crippen LogP contribution is -2.14. The molecule has 1 aliphatic carbocycles. The van der Waals surface area contributed by atoms with Crippen molar-refractivity contribution in [3.8, 4) is 0 Å². The van der Waals surface area contributed by atoms with Crippen LogP contribution in [0.15, 0.2) is 0 Å². The molecule has 0 amide bonds. The number of halogens is 2. The molecule has 1 fully saturated rings. The van der Waals surface area contributed by atoms with Crippen LogP contribution in [0, 0.1) is 11.3 Å². The summed E-state index contributed by atoms with van der Waals surface area (Å²) in [6.45, 7) is -1.72. The van der Waals surface area contributed by atoms with Crippen LogP contribution in [0.3, 0.4) is 0 Å². The fourth-order valence-corrected chi connectivity index (χ4v) is 1.03. The SMILES string of the molecule is O=C(O)[C@H]1CC1(CF)CF. The normalized spacial score (nSPS) is 28.0. The molecule has 1 atom stereocenters. The van der Waals surface area contributed by atoms with Crippen LogP contribution in [0.5, 0.6) is 0 Å². The van der Waals surface area contributed by atoms with Crippen LogP contribution in [-0.4, -0.2) is 24.4 Å². The van der Waals surface area contributed by atoms with E-state index in [2.05, 4.69) is 0 Å². The first-order valence-corrected chi connectivity index (χ1v) is 3.01. The van der Waals surface area contributed by atoms with Gasteiger partial charge in [-0.05, 0) is 6.42 Å². The second-order valence-corrected chi connectivity index (χ2v) is 2.72. The zero-order valence-corrected chi connectivity index (χ0v) is 5.31. The van der Waals surface area contributed by atoms with Crippen LogP contribution >= 0.6 is 0 Å². The molecule has 0 saturated heterocycles. The fraction of sp³-hybridized carbons (Fsp3) is 0.833.